The Morgan fingerprint density at radius 2 is 1.68 bits per heavy atom. The maximum Gasteiger partial charge on any atom is 0.292 e. The van der Waals surface area contributed by atoms with Gasteiger partial charge in [-0.1, -0.05) is 36.4 Å². The van der Waals surface area contributed by atoms with E-state index in [1.807, 2.05) is 24.3 Å². The van der Waals surface area contributed by atoms with Crippen molar-refractivity contribution in [1.29, 1.82) is 0 Å². The Bertz CT molecular complexity index is 567. The van der Waals surface area contributed by atoms with Gasteiger partial charge in [0, 0.05) is 19.2 Å². The van der Waals surface area contributed by atoms with E-state index in [-0.39, 0.29) is 10.6 Å². The van der Waals surface area contributed by atoms with Gasteiger partial charge in [0.2, 0.25) is 0 Å². The van der Waals surface area contributed by atoms with E-state index in [0.717, 1.165) is 11.1 Å². The number of anilines is 1. The molecule has 0 bridgehead atoms. The van der Waals surface area contributed by atoms with Crippen molar-refractivity contribution >= 4 is 11.4 Å². The van der Waals surface area contributed by atoms with Crippen molar-refractivity contribution < 1.29 is 4.92 Å². The van der Waals surface area contributed by atoms with Crippen molar-refractivity contribution in [3.05, 3.63) is 69.8 Å². The zero-order valence-electron chi connectivity index (χ0n) is 10.4. The van der Waals surface area contributed by atoms with Crippen LogP contribution in [0.1, 0.15) is 11.1 Å². The van der Waals surface area contributed by atoms with E-state index < -0.39 is 0 Å². The first-order valence-corrected chi connectivity index (χ1v) is 5.96. The van der Waals surface area contributed by atoms with Crippen molar-refractivity contribution in [2.24, 2.45) is 5.73 Å². The van der Waals surface area contributed by atoms with E-state index in [2.05, 4.69) is 5.32 Å². The van der Waals surface area contributed by atoms with Crippen LogP contribution < -0.4 is 11.1 Å². The fourth-order valence-electron chi connectivity index (χ4n) is 1.77. The highest BCUT2D eigenvalue weighted by atomic mass is 16.6. The average molecular weight is 257 g/mol. The van der Waals surface area contributed by atoms with Crippen LogP contribution in [0.15, 0.2) is 48.5 Å². The SMILES string of the molecule is NCc1ccc(CNc2ccccc2[N+](=O)[O-])cc1. The van der Waals surface area contributed by atoms with Gasteiger partial charge >= 0.3 is 0 Å². The van der Waals surface area contributed by atoms with Crippen LogP contribution in [0.25, 0.3) is 0 Å². The first-order valence-electron chi connectivity index (χ1n) is 5.96. The average Bonchev–Trinajstić information content (AvgIpc) is 2.46. The van der Waals surface area contributed by atoms with Crippen molar-refractivity contribution in [2.75, 3.05) is 5.32 Å². The largest absolute Gasteiger partial charge is 0.375 e. The summed E-state index contributed by atoms with van der Waals surface area (Å²) in [6, 6.07) is 14.4. The Balaban J connectivity index is 2.07. The van der Waals surface area contributed by atoms with Gasteiger partial charge in [0.25, 0.3) is 5.69 Å². The van der Waals surface area contributed by atoms with Gasteiger partial charge < -0.3 is 11.1 Å². The molecule has 2 aromatic carbocycles. The van der Waals surface area contributed by atoms with Crippen LogP contribution >= 0.6 is 0 Å². The lowest BCUT2D eigenvalue weighted by Crippen LogP contribution is -2.03. The third kappa shape index (κ3) is 3.29. The minimum atomic E-state index is -0.389. The summed E-state index contributed by atoms with van der Waals surface area (Å²) >= 11 is 0. The van der Waals surface area contributed by atoms with Gasteiger partial charge in [0.1, 0.15) is 5.69 Å². The predicted molar refractivity (Wildman–Crippen MR) is 74.8 cm³/mol. The smallest absolute Gasteiger partial charge is 0.292 e. The van der Waals surface area contributed by atoms with Gasteiger partial charge in [-0.25, -0.2) is 0 Å². The van der Waals surface area contributed by atoms with Crippen molar-refractivity contribution in [3.63, 3.8) is 0 Å². The number of nitro groups is 1. The second kappa shape index (κ2) is 5.97. The summed E-state index contributed by atoms with van der Waals surface area (Å²) in [5, 5.41) is 13.9. The molecule has 0 atom stereocenters. The Labute approximate surface area is 111 Å². The molecule has 0 saturated carbocycles. The summed E-state index contributed by atoms with van der Waals surface area (Å²) in [4.78, 5) is 10.5. The molecular weight excluding hydrogens is 242 g/mol. The number of benzene rings is 2. The molecular formula is C14H15N3O2. The molecule has 5 heteroatoms. The van der Waals surface area contributed by atoms with Crippen molar-refractivity contribution in [2.45, 2.75) is 13.1 Å². The van der Waals surface area contributed by atoms with Crippen LogP contribution in [-0.4, -0.2) is 4.92 Å². The lowest BCUT2D eigenvalue weighted by atomic mass is 10.1. The van der Waals surface area contributed by atoms with Crippen molar-refractivity contribution in [1.82, 2.24) is 0 Å². The highest BCUT2D eigenvalue weighted by molar-refractivity contribution is 5.61. The first kappa shape index (κ1) is 13.0. The van der Waals surface area contributed by atoms with E-state index >= 15 is 0 Å². The van der Waals surface area contributed by atoms with Gasteiger partial charge in [-0.15, -0.1) is 0 Å². The van der Waals surface area contributed by atoms with E-state index in [0.29, 0.717) is 18.8 Å². The second-order valence-corrected chi connectivity index (χ2v) is 4.15. The highest BCUT2D eigenvalue weighted by Crippen LogP contribution is 2.23. The van der Waals surface area contributed by atoms with E-state index in [1.165, 1.54) is 6.07 Å². The molecule has 2 aromatic rings. The molecule has 0 spiro atoms. The Kier molecular flexibility index (Phi) is 4.10. The van der Waals surface area contributed by atoms with Gasteiger partial charge in [-0.3, -0.25) is 10.1 Å². The lowest BCUT2D eigenvalue weighted by molar-refractivity contribution is -0.384. The lowest BCUT2D eigenvalue weighted by Gasteiger charge is -2.07. The van der Waals surface area contributed by atoms with Crippen LogP contribution in [0.2, 0.25) is 0 Å². The topological polar surface area (TPSA) is 81.2 Å². The number of para-hydroxylation sites is 2. The molecule has 19 heavy (non-hydrogen) atoms. The maximum atomic E-state index is 10.9. The number of nitrogens with one attached hydrogen (secondary N) is 1. The number of hydrogen-bond acceptors (Lipinski definition) is 4. The fraction of sp³-hybridized carbons (Fsp3) is 0.143. The standard InChI is InChI=1S/C14H15N3O2/c15-9-11-5-7-12(8-6-11)10-16-13-3-1-2-4-14(13)17(18)19/h1-8,16H,9-10,15H2. The van der Waals surface area contributed by atoms with Crippen LogP contribution in [0.5, 0.6) is 0 Å². The van der Waals surface area contributed by atoms with Gasteiger partial charge in [-0.05, 0) is 17.2 Å². The second-order valence-electron chi connectivity index (χ2n) is 4.15. The monoisotopic (exact) mass is 257 g/mol. The molecule has 0 heterocycles. The van der Waals surface area contributed by atoms with E-state index in [1.54, 1.807) is 18.2 Å². The molecule has 0 radical (unpaired) electrons. The molecule has 0 aliphatic rings. The summed E-state index contributed by atoms with van der Waals surface area (Å²) in [7, 11) is 0. The van der Waals surface area contributed by atoms with Crippen LogP contribution in [-0.2, 0) is 13.1 Å². The normalized spacial score (nSPS) is 10.2. The third-order valence-corrected chi connectivity index (χ3v) is 2.84. The molecule has 0 aliphatic carbocycles. The zero-order valence-corrected chi connectivity index (χ0v) is 10.4. The fourth-order valence-corrected chi connectivity index (χ4v) is 1.77. The third-order valence-electron chi connectivity index (χ3n) is 2.84. The van der Waals surface area contributed by atoms with Crippen LogP contribution in [0.3, 0.4) is 0 Å². The van der Waals surface area contributed by atoms with E-state index in [9.17, 15) is 10.1 Å². The Morgan fingerprint density at radius 1 is 1.05 bits per heavy atom. The predicted octanol–water partition coefficient (Wildman–Crippen LogP) is 2.67. The summed E-state index contributed by atoms with van der Waals surface area (Å²) in [6.45, 7) is 1.05. The Hall–Kier alpha value is -2.40. The molecule has 0 aromatic heterocycles. The molecule has 0 amide bonds. The summed E-state index contributed by atoms with van der Waals surface area (Å²) in [5.41, 5.74) is 8.25. The van der Waals surface area contributed by atoms with Gasteiger partial charge in [0.05, 0.1) is 4.92 Å². The number of nitrogens with zero attached hydrogens (tertiary/aromatic N) is 1. The number of nitro benzene ring substituents is 1. The molecule has 5 nitrogen and oxygen atoms in total. The highest BCUT2D eigenvalue weighted by Gasteiger charge is 2.11. The maximum absolute atomic E-state index is 10.9. The van der Waals surface area contributed by atoms with Crippen LogP contribution in [0.4, 0.5) is 11.4 Å². The minimum Gasteiger partial charge on any atom is -0.375 e. The quantitative estimate of drug-likeness (QED) is 0.637. The number of hydrogen-bond donors (Lipinski definition) is 2. The van der Waals surface area contributed by atoms with Crippen LogP contribution in [0, 0.1) is 10.1 Å². The molecule has 0 unspecified atom stereocenters. The first-order chi connectivity index (χ1) is 9.20. The molecule has 98 valence electrons. The minimum absolute atomic E-state index is 0.0843. The summed E-state index contributed by atoms with van der Waals surface area (Å²) in [6.07, 6.45) is 0. The van der Waals surface area contributed by atoms with Crippen molar-refractivity contribution in [3.8, 4) is 0 Å². The van der Waals surface area contributed by atoms with Gasteiger partial charge in [0.15, 0.2) is 0 Å². The molecule has 0 fully saturated rings. The number of rotatable bonds is 5. The molecule has 2 rings (SSSR count). The summed E-state index contributed by atoms with van der Waals surface area (Å²) < 4.78 is 0. The molecule has 3 N–H and O–H groups in total. The van der Waals surface area contributed by atoms with E-state index in [4.69, 9.17) is 5.73 Å². The summed E-state index contributed by atoms with van der Waals surface area (Å²) in [5.74, 6) is 0. The van der Waals surface area contributed by atoms with Gasteiger partial charge in [-0.2, -0.15) is 0 Å². The Morgan fingerprint density at radius 3 is 2.32 bits per heavy atom. The zero-order chi connectivity index (χ0) is 13.7. The number of nitrogens with two attached hydrogens (primary N) is 1. The molecule has 0 aliphatic heterocycles. The molecule has 0 saturated heterocycles.